The first-order valence-electron chi connectivity index (χ1n) is 5.95. The number of aryl methyl sites for hydroxylation is 2. The maximum atomic E-state index is 12.0. The zero-order chi connectivity index (χ0) is 15.6. The molecule has 1 amide bonds. The van der Waals surface area contributed by atoms with Gasteiger partial charge in [-0.2, -0.15) is 10.2 Å². The van der Waals surface area contributed by atoms with E-state index in [9.17, 15) is 19.5 Å². The van der Waals surface area contributed by atoms with Crippen molar-refractivity contribution in [2.45, 2.75) is 6.04 Å². The van der Waals surface area contributed by atoms with Crippen molar-refractivity contribution < 1.29 is 14.7 Å². The number of amides is 1. The summed E-state index contributed by atoms with van der Waals surface area (Å²) in [5, 5.41) is 19.2. The number of carbonyl (C=O) groups excluding carboxylic acids is 1. The van der Waals surface area contributed by atoms with Gasteiger partial charge in [-0.25, -0.2) is 9.48 Å². The van der Waals surface area contributed by atoms with Crippen molar-refractivity contribution in [3.8, 4) is 0 Å². The molecule has 0 spiro atoms. The van der Waals surface area contributed by atoms with Crippen LogP contribution in [0.2, 0.25) is 0 Å². The summed E-state index contributed by atoms with van der Waals surface area (Å²) in [6, 6.07) is 1.17. The lowest BCUT2D eigenvalue weighted by Gasteiger charge is -2.12. The second-order valence-corrected chi connectivity index (χ2v) is 4.37. The van der Waals surface area contributed by atoms with E-state index in [1.807, 2.05) is 0 Å². The van der Waals surface area contributed by atoms with Crippen molar-refractivity contribution in [3.05, 3.63) is 46.1 Å². The Kier molecular flexibility index (Phi) is 3.83. The van der Waals surface area contributed by atoms with E-state index in [-0.39, 0.29) is 11.3 Å². The van der Waals surface area contributed by atoms with E-state index in [0.29, 0.717) is 5.56 Å². The lowest BCUT2D eigenvalue weighted by atomic mass is 10.1. The number of carboxylic acid groups (broad SMARTS) is 1. The molecule has 2 N–H and O–H groups in total. The van der Waals surface area contributed by atoms with Gasteiger partial charge in [-0.3, -0.25) is 14.3 Å². The Morgan fingerprint density at radius 2 is 2.05 bits per heavy atom. The molecular formula is C12H13N5O4. The van der Waals surface area contributed by atoms with Crippen LogP contribution in [0.25, 0.3) is 0 Å². The van der Waals surface area contributed by atoms with Gasteiger partial charge in [0.05, 0.1) is 6.20 Å². The summed E-state index contributed by atoms with van der Waals surface area (Å²) in [4.78, 5) is 34.5. The standard InChI is InChI=1S/C12H13N5O4/c1-16-6-7(5-13-16)10(12(20)21)14-11(19)8-3-4-9(18)17(2)15-8/h3-6,10H,1-2H3,(H,14,19)(H,20,21). The third kappa shape index (κ3) is 3.14. The number of aromatic nitrogens is 4. The summed E-state index contributed by atoms with van der Waals surface area (Å²) in [5.41, 5.74) is -0.0796. The first-order chi connectivity index (χ1) is 9.88. The molecule has 1 unspecified atom stereocenters. The molecule has 0 aliphatic heterocycles. The Morgan fingerprint density at radius 1 is 1.33 bits per heavy atom. The monoisotopic (exact) mass is 291 g/mol. The molecule has 9 heteroatoms. The number of aliphatic carboxylic acids is 1. The Hall–Kier alpha value is -2.97. The van der Waals surface area contributed by atoms with Gasteiger partial charge in [0, 0.05) is 31.9 Å². The smallest absolute Gasteiger partial charge is 0.331 e. The molecule has 1 atom stereocenters. The van der Waals surface area contributed by atoms with Gasteiger partial charge in [0.1, 0.15) is 5.69 Å². The summed E-state index contributed by atoms with van der Waals surface area (Å²) >= 11 is 0. The number of carbonyl (C=O) groups is 2. The fourth-order valence-corrected chi connectivity index (χ4v) is 1.71. The maximum Gasteiger partial charge on any atom is 0.331 e. The zero-order valence-corrected chi connectivity index (χ0v) is 11.3. The quantitative estimate of drug-likeness (QED) is 0.751. The number of hydrogen-bond acceptors (Lipinski definition) is 5. The molecular weight excluding hydrogens is 278 g/mol. The fraction of sp³-hybridized carbons (Fsp3) is 0.250. The highest BCUT2D eigenvalue weighted by Crippen LogP contribution is 2.12. The van der Waals surface area contributed by atoms with Crippen LogP contribution in [0.3, 0.4) is 0 Å². The van der Waals surface area contributed by atoms with Crippen molar-refractivity contribution in [1.82, 2.24) is 24.9 Å². The summed E-state index contributed by atoms with van der Waals surface area (Å²) in [7, 11) is 3.04. The Morgan fingerprint density at radius 3 is 2.57 bits per heavy atom. The molecule has 9 nitrogen and oxygen atoms in total. The van der Waals surface area contributed by atoms with E-state index in [4.69, 9.17) is 0 Å². The molecule has 21 heavy (non-hydrogen) atoms. The molecule has 0 saturated carbocycles. The minimum Gasteiger partial charge on any atom is -0.479 e. The molecule has 2 aromatic rings. The van der Waals surface area contributed by atoms with Crippen LogP contribution in [0.5, 0.6) is 0 Å². The normalized spacial score (nSPS) is 11.9. The number of hydrogen-bond donors (Lipinski definition) is 2. The van der Waals surface area contributed by atoms with Gasteiger partial charge >= 0.3 is 5.97 Å². The molecule has 110 valence electrons. The van der Waals surface area contributed by atoms with Crippen molar-refractivity contribution in [1.29, 1.82) is 0 Å². The zero-order valence-electron chi connectivity index (χ0n) is 11.3. The molecule has 0 aromatic carbocycles. The highest BCUT2D eigenvalue weighted by molar-refractivity contribution is 5.95. The van der Waals surface area contributed by atoms with Gasteiger partial charge in [0.15, 0.2) is 6.04 Å². The van der Waals surface area contributed by atoms with Crippen LogP contribution in [-0.4, -0.2) is 36.5 Å². The van der Waals surface area contributed by atoms with Gasteiger partial charge in [-0.15, -0.1) is 0 Å². The number of nitrogens with one attached hydrogen (secondary N) is 1. The van der Waals surface area contributed by atoms with Crippen molar-refractivity contribution in [2.24, 2.45) is 14.1 Å². The lowest BCUT2D eigenvalue weighted by molar-refractivity contribution is -0.139. The second-order valence-electron chi connectivity index (χ2n) is 4.37. The summed E-state index contributed by atoms with van der Waals surface area (Å²) in [6.07, 6.45) is 2.85. The molecule has 0 radical (unpaired) electrons. The van der Waals surface area contributed by atoms with E-state index in [0.717, 1.165) is 4.68 Å². The average Bonchev–Trinajstić information content (AvgIpc) is 2.84. The van der Waals surface area contributed by atoms with Crippen LogP contribution < -0.4 is 10.9 Å². The largest absolute Gasteiger partial charge is 0.479 e. The number of rotatable bonds is 4. The van der Waals surface area contributed by atoms with Gasteiger partial charge in [0.25, 0.3) is 11.5 Å². The summed E-state index contributed by atoms with van der Waals surface area (Å²) in [6.45, 7) is 0. The molecule has 0 saturated heterocycles. The van der Waals surface area contributed by atoms with Gasteiger partial charge in [-0.1, -0.05) is 0 Å². The Bertz CT molecular complexity index is 748. The van der Waals surface area contributed by atoms with E-state index >= 15 is 0 Å². The molecule has 0 aliphatic carbocycles. The second kappa shape index (κ2) is 5.57. The highest BCUT2D eigenvalue weighted by Gasteiger charge is 2.24. The van der Waals surface area contributed by atoms with Gasteiger partial charge in [0.2, 0.25) is 0 Å². The van der Waals surface area contributed by atoms with Crippen LogP contribution in [0.15, 0.2) is 29.3 Å². The van der Waals surface area contributed by atoms with Crippen molar-refractivity contribution >= 4 is 11.9 Å². The summed E-state index contributed by atoms with van der Waals surface area (Å²) in [5.74, 6) is -1.91. The first-order valence-corrected chi connectivity index (χ1v) is 5.95. The molecule has 2 aromatic heterocycles. The molecule has 2 heterocycles. The van der Waals surface area contributed by atoms with Gasteiger partial charge in [-0.05, 0) is 6.07 Å². The lowest BCUT2D eigenvalue weighted by Crippen LogP contribution is -2.35. The first kappa shape index (κ1) is 14.4. The predicted octanol–water partition coefficient (Wildman–Crippen LogP) is -0.930. The van der Waals surface area contributed by atoms with Crippen molar-refractivity contribution in [2.75, 3.05) is 0 Å². The fourth-order valence-electron chi connectivity index (χ4n) is 1.71. The summed E-state index contributed by atoms with van der Waals surface area (Å²) < 4.78 is 2.43. The van der Waals surface area contributed by atoms with Crippen LogP contribution in [-0.2, 0) is 18.9 Å². The minimum atomic E-state index is -1.25. The SMILES string of the molecule is Cn1cc(C(NC(=O)c2ccc(=O)n(C)n2)C(=O)O)cn1. The highest BCUT2D eigenvalue weighted by atomic mass is 16.4. The number of carboxylic acids is 1. The third-order valence-electron chi connectivity index (χ3n) is 2.77. The molecule has 0 bridgehead atoms. The molecule has 2 rings (SSSR count). The Balaban J connectivity index is 2.24. The van der Waals surface area contributed by atoms with Gasteiger partial charge < -0.3 is 10.4 Å². The van der Waals surface area contributed by atoms with Crippen molar-refractivity contribution in [3.63, 3.8) is 0 Å². The van der Waals surface area contributed by atoms with Crippen LogP contribution >= 0.6 is 0 Å². The van der Waals surface area contributed by atoms with E-state index < -0.39 is 17.9 Å². The van der Waals surface area contributed by atoms with E-state index in [2.05, 4.69) is 15.5 Å². The Labute approximate surface area is 118 Å². The van der Waals surface area contributed by atoms with Crippen LogP contribution in [0, 0.1) is 0 Å². The van der Waals surface area contributed by atoms with E-state index in [1.54, 1.807) is 7.05 Å². The topological polar surface area (TPSA) is 119 Å². The molecule has 0 aliphatic rings. The van der Waals surface area contributed by atoms with Crippen LogP contribution in [0.4, 0.5) is 0 Å². The maximum absolute atomic E-state index is 12.0. The minimum absolute atomic E-state index is 0.0489. The average molecular weight is 291 g/mol. The van der Waals surface area contributed by atoms with Crippen LogP contribution in [0.1, 0.15) is 22.1 Å². The number of nitrogens with zero attached hydrogens (tertiary/aromatic N) is 4. The van der Waals surface area contributed by atoms with E-state index in [1.165, 1.54) is 36.3 Å². The molecule has 0 fully saturated rings. The third-order valence-corrected chi connectivity index (χ3v) is 2.77. The predicted molar refractivity (Wildman–Crippen MR) is 70.5 cm³/mol.